The van der Waals surface area contributed by atoms with E-state index in [1.807, 2.05) is 0 Å². The summed E-state index contributed by atoms with van der Waals surface area (Å²) in [5, 5.41) is -2.36. The molecule has 0 aliphatic carbocycles. The van der Waals surface area contributed by atoms with E-state index in [9.17, 15) is 26.4 Å². The van der Waals surface area contributed by atoms with Crippen LogP contribution >= 0.6 is 0 Å². The highest BCUT2D eigenvalue weighted by atomic mass is 32.2. The molecule has 0 radical (unpaired) electrons. The van der Waals surface area contributed by atoms with Gasteiger partial charge in [0.2, 0.25) is 0 Å². The van der Waals surface area contributed by atoms with E-state index in [2.05, 4.69) is 0 Å². The van der Waals surface area contributed by atoms with Crippen molar-refractivity contribution in [1.29, 1.82) is 0 Å². The van der Waals surface area contributed by atoms with Crippen LogP contribution in [0.25, 0.3) is 11.0 Å². The Balaban J connectivity index is 2.41. The predicted molar refractivity (Wildman–Crippen MR) is 63.2 cm³/mol. The smallest absolute Gasteiger partial charge is 0.406 e. The van der Waals surface area contributed by atoms with E-state index in [1.165, 1.54) is 18.2 Å². The lowest BCUT2D eigenvalue weighted by Gasteiger charge is -2.12. The van der Waals surface area contributed by atoms with Crippen LogP contribution in [-0.2, 0) is 16.3 Å². The molecule has 0 bridgehead atoms. The van der Waals surface area contributed by atoms with Gasteiger partial charge in [-0.05, 0) is 11.6 Å². The van der Waals surface area contributed by atoms with Crippen LogP contribution in [0.2, 0.25) is 0 Å². The van der Waals surface area contributed by atoms with Crippen LogP contribution in [0.4, 0.5) is 13.2 Å². The van der Waals surface area contributed by atoms with E-state index in [-0.39, 0.29) is 16.5 Å². The van der Waals surface area contributed by atoms with Crippen LogP contribution in [0.15, 0.2) is 38.4 Å². The summed E-state index contributed by atoms with van der Waals surface area (Å²) in [5.74, 6) is 0. The quantitative estimate of drug-likeness (QED) is 0.699. The topological polar surface area (TPSA) is 64.3 Å². The first-order chi connectivity index (χ1) is 9.23. The van der Waals surface area contributed by atoms with Crippen molar-refractivity contribution in [3.05, 3.63) is 40.2 Å². The van der Waals surface area contributed by atoms with Gasteiger partial charge in [0.15, 0.2) is 20.0 Å². The second kappa shape index (κ2) is 3.85. The first-order valence-corrected chi connectivity index (χ1v) is 7.13. The molecule has 106 valence electrons. The van der Waals surface area contributed by atoms with Crippen molar-refractivity contribution >= 4 is 20.8 Å². The molecule has 0 spiro atoms. The second-order valence-corrected chi connectivity index (χ2v) is 6.54. The van der Waals surface area contributed by atoms with Crippen molar-refractivity contribution in [2.24, 2.45) is 0 Å². The van der Waals surface area contributed by atoms with E-state index in [0.717, 1.165) is 0 Å². The summed E-state index contributed by atoms with van der Waals surface area (Å²) >= 11 is 0. The molecule has 1 aliphatic rings. The SMILES string of the molecule is O=c1oc2ccccc2c2c1S(=O)(=O)C(C(F)(F)F)C2. The zero-order chi connectivity index (χ0) is 14.7. The monoisotopic (exact) mass is 304 g/mol. The standard InChI is InChI=1S/C12H7F3O4S/c13-12(14,15)9-5-7-6-3-1-2-4-8(6)19-11(16)10(7)20(9,17)18/h1-4,9H,5H2. The maximum atomic E-state index is 12.8. The molecule has 8 heteroatoms. The first-order valence-electron chi connectivity index (χ1n) is 5.58. The Hall–Kier alpha value is -1.83. The molecule has 1 aromatic carbocycles. The van der Waals surface area contributed by atoms with Gasteiger partial charge in [0, 0.05) is 11.8 Å². The van der Waals surface area contributed by atoms with Gasteiger partial charge in [-0.25, -0.2) is 13.2 Å². The van der Waals surface area contributed by atoms with Gasteiger partial charge in [-0.3, -0.25) is 0 Å². The van der Waals surface area contributed by atoms with Crippen LogP contribution in [0.3, 0.4) is 0 Å². The molecule has 0 amide bonds. The van der Waals surface area contributed by atoms with Gasteiger partial charge in [0.1, 0.15) is 5.58 Å². The zero-order valence-electron chi connectivity index (χ0n) is 9.77. The normalized spacial score (nSPS) is 21.1. The molecule has 20 heavy (non-hydrogen) atoms. The molecule has 1 atom stereocenters. The predicted octanol–water partition coefficient (Wildman–Crippen LogP) is 2.05. The number of fused-ring (bicyclic) bond motifs is 3. The van der Waals surface area contributed by atoms with Crippen molar-refractivity contribution in [1.82, 2.24) is 0 Å². The third-order valence-electron chi connectivity index (χ3n) is 3.29. The lowest BCUT2D eigenvalue weighted by molar-refractivity contribution is -0.129. The fraction of sp³-hybridized carbons (Fsp3) is 0.250. The van der Waals surface area contributed by atoms with Gasteiger partial charge in [-0.2, -0.15) is 13.2 Å². The number of hydrogen-bond acceptors (Lipinski definition) is 4. The first kappa shape index (κ1) is 13.2. The molecule has 0 saturated heterocycles. The molecule has 0 fully saturated rings. The third kappa shape index (κ3) is 1.67. The summed E-state index contributed by atoms with van der Waals surface area (Å²) in [6.45, 7) is 0. The summed E-state index contributed by atoms with van der Waals surface area (Å²) in [7, 11) is -4.76. The van der Waals surface area contributed by atoms with E-state index in [0.29, 0.717) is 0 Å². The maximum absolute atomic E-state index is 12.8. The average Bonchev–Trinajstić information content (AvgIpc) is 2.62. The minimum atomic E-state index is -4.93. The maximum Gasteiger partial charge on any atom is 0.406 e. The Labute approximate surface area is 110 Å². The minimum absolute atomic E-state index is 0.0780. The summed E-state index contributed by atoms with van der Waals surface area (Å²) in [5.41, 5.74) is -1.28. The largest absolute Gasteiger partial charge is 0.422 e. The number of hydrogen-bond donors (Lipinski definition) is 0. The van der Waals surface area contributed by atoms with Crippen molar-refractivity contribution < 1.29 is 26.0 Å². The Morgan fingerprint density at radius 1 is 1.20 bits per heavy atom. The lowest BCUT2D eigenvalue weighted by atomic mass is 10.1. The van der Waals surface area contributed by atoms with Crippen LogP contribution in [-0.4, -0.2) is 19.8 Å². The number of benzene rings is 1. The molecule has 1 aromatic heterocycles. The highest BCUT2D eigenvalue weighted by molar-refractivity contribution is 7.92. The molecule has 1 aliphatic heterocycles. The molecule has 2 aromatic rings. The number of alkyl halides is 3. The van der Waals surface area contributed by atoms with Crippen molar-refractivity contribution in [2.75, 3.05) is 0 Å². The Bertz CT molecular complexity index is 864. The van der Waals surface area contributed by atoms with Gasteiger partial charge in [-0.1, -0.05) is 18.2 Å². The molecule has 4 nitrogen and oxygen atoms in total. The number of halogens is 3. The molecular formula is C12H7F3O4S. The zero-order valence-corrected chi connectivity index (χ0v) is 10.6. The fourth-order valence-corrected chi connectivity index (χ4v) is 4.25. The summed E-state index contributed by atoms with van der Waals surface area (Å²) in [4.78, 5) is 10.8. The molecule has 3 rings (SSSR count). The molecule has 2 heterocycles. The lowest BCUT2D eigenvalue weighted by Crippen LogP contribution is -2.35. The van der Waals surface area contributed by atoms with Gasteiger partial charge in [-0.15, -0.1) is 0 Å². The fourth-order valence-electron chi connectivity index (χ4n) is 2.42. The molecular weight excluding hydrogens is 297 g/mol. The van der Waals surface area contributed by atoms with Gasteiger partial charge in [0.05, 0.1) is 0 Å². The summed E-state index contributed by atoms with van der Waals surface area (Å²) in [6.07, 6.45) is -5.68. The van der Waals surface area contributed by atoms with Crippen molar-refractivity contribution in [3.8, 4) is 0 Å². The molecule has 0 N–H and O–H groups in total. The van der Waals surface area contributed by atoms with E-state index in [4.69, 9.17) is 4.42 Å². The van der Waals surface area contributed by atoms with Gasteiger partial charge < -0.3 is 4.42 Å². The van der Waals surface area contributed by atoms with E-state index >= 15 is 0 Å². The highest BCUT2D eigenvalue weighted by Crippen LogP contribution is 2.40. The van der Waals surface area contributed by atoms with Crippen molar-refractivity contribution in [3.63, 3.8) is 0 Å². The number of rotatable bonds is 0. The number of sulfone groups is 1. The Morgan fingerprint density at radius 2 is 1.85 bits per heavy atom. The van der Waals surface area contributed by atoms with Crippen molar-refractivity contribution in [2.45, 2.75) is 22.7 Å². The van der Waals surface area contributed by atoms with Gasteiger partial charge in [0.25, 0.3) is 0 Å². The average molecular weight is 304 g/mol. The second-order valence-electron chi connectivity index (χ2n) is 4.47. The Kier molecular flexibility index (Phi) is 2.53. The van der Waals surface area contributed by atoms with E-state index in [1.54, 1.807) is 6.07 Å². The summed E-state index contributed by atoms with van der Waals surface area (Å²) < 4.78 is 67.2. The van der Waals surface area contributed by atoms with Crippen LogP contribution < -0.4 is 5.63 Å². The van der Waals surface area contributed by atoms with Gasteiger partial charge >= 0.3 is 11.8 Å². The van der Waals surface area contributed by atoms with Crippen LogP contribution in [0, 0.1) is 0 Å². The minimum Gasteiger partial charge on any atom is -0.422 e. The number of para-hydroxylation sites is 1. The van der Waals surface area contributed by atoms with Crippen LogP contribution in [0.1, 0.15) is 5.56 Å². The van der Waals surface area contributed by atoms with Crippen LogP contribution in [0.5, 0.6) is 0 Å². The summed E-state index contributed by atoms with van der Waals surface area (Å²) in [6, 6.07) is 5.93. The molecule has 1 unspecified atom stereocenters. The third-order valence-corrected chi connectivity index (χ3v) is 5.45. The highest BCUT2D eigenvalue weighted by Gasteiger charge is 2.55. The van der Waals surface area contributed by atoms with E-state index < -0.39 is 38.2 Å². The molecule has 0 saturated carbocycles. The Morgan fingerprint density at radius 3 is 2.50 bits per heavy atom.